The first-order valence-electron chi connectivity index (χ1n) is 18.1. The zero-order valence-electron chi connectivity index (χ0n) is 27.5. The highest BCUT2D eigenvalue weighted by atomic mass is 35.5. The molecule has 1 nitrogen and oxygen atoms in total. The van der Waals surface area contributed by atoms with Gasteiger partial charge in [-0.05, 0) is 39.5 Å². The lowest BCUT2D eigenvalue weighted by atomic mass is 10.0. The molecule has 0 aromatic carbocycles. The van der Waals surface area contributed by atoms with Crippen LogP contribution in [0.5, 0.6) is 0 Å². The first-order valence-corrected chi connectivity index (χ1v) is 18.1. The van der Waals surface area contributed by atoms with Crippen LogP contribution >= 0.6 is 0 Å². The van der Waals surface area contributed by atoms with E-state index in [1.807, 2.05) is 0 Å². The number of hydrogen-bond donors (Lipinski definition) is 0. The van der Waals surface area contributed by atoms with Gasteiger partial charge in [-0.15, -0.1) is 0 Å². The fourth-order valence-electron chi connectivity index (χ4n) is 6.25. The number of quaternary nitrogens is 1. The number of nitrogens with zero attached hydrogens (tertiary/aromatic N) is 1. The lowest BCUT2D eigenvalue weighted by Crippen LogP contribution is -3.00. The molecule has 0 radical (unpaired) electrons. The first kappa shape index (κ1) is 40.4. The van der Waals surface area contributed by atoms with E-state index in [1.165, 1.54) is 210 Å². The zero-order valence-corrected chi connectivity index (χ0v) is 28.2. The summed E-state index contributed by atoms with van der Waals surface area (Å²) in [7, 11) is 0. The molecule has 0 fully saturated rings. The summed E-state index contributed by atoms with van der Waals surface area (Å²) < 4.78 is 1.39. The molecule has 0 heterocycles. The van der Waals surface area contributed by atoms with Gasteiger partial charge in [-0.1, -0.05) is 168 Å². The highest BCUT2D eigenvalue weighted by Gasteiger charge is 2.21. The van der Waals surface area contributed by atoms with Gasteiger partial charge in [0, 0.05) is 0 Å². The largest absolute Gasteiger partial charge is 1.00 e. The van der Waals surface area contributed by atoms with Crippen LogP contribution in [0.2, 0.25) is 0 Å². The molecule has 0 aromatic rings. The second kappa shape index (κ2) is 33.5. The summed E-state index contributed by atoms with van der Waals surface area (Å²) in [5, 5.41) is 0. The van der Waals surface area contributed by atoms with Crippen LogP contribution in [-0.4, -0.2) is 30.7 Å². The molecule has 0 saturated carbocycles. The quantitative estimate of drug-likeness (QED) is 0.0570. The zero-order chi connectivity index (χ0) is 27.1. The van der Waals surface area contributed by atoms with Gasteiger partial charge in [-0.2, -0.15) is 0 Å². The average Bonchev–Trinajstić information content (AvgIpc) is 2.92. The molecule has 38 heavy (non-hydrogen) atoms. The van der Waals surface area contributed by atoms with Gasteiger partial charge in [0.05, 0.1) is 26.2 Å². The molecule has 0 bridgehead atoms. The number of rotatable bonds is 32. The lowest BCUT2D eigenvalue weighted by Gasteiger charge is -2.37. The van der Waals surface area contributed by atoms with Gasteiger partial charge in [-0.25, -0.2) is 0 Å². The Morgan fingerprint density at radius 1 is 0.263 bits per heavy atom. The summed E-state index contributed by atoms with van der Waals surface area (Å²) in [5.74, 6) is 0. The average molecular weight is 558 g/mol. The third kappa shape index (κ3) is 27.8. The number of hydrogen-bond acceptors (Lipinski definition) is 0. The maximum atomic E-state index is 2.44. The van der Waals surface area contributed by atoms with Crippen molar-refractivity contribution in [3.63, 3.8) is 0 Å². The Labute approximate surface area is 250 Å². The molecule has 232 valence electrons. The number of halogens is 1. The molecule has 0 saturated heterocycles. The van der Waals surface area contributed by atoms with Gasteiger partial charge in [-0.3, -0.25) is 0 Å². The van der Waals surface area contributed by atoms with Crippen molar-refractivity contribution >= 4 is 0 Å². The lowest BCUT2D eigenvalue weighted by molar-refractivity contribution is -0.925. The highest BCUT2D eigenvalue weighted by Crippen LogP contribution is 2.17. The van der Waals surface area contributed by atoms with Crippen LogP contribution in [0.1, 0.15) is 207 Å². The van der Waals surface area contributed by atoms with E-state index in [0.717, 1.165) is 0 Å². The smallest absolute Gasteiger partial charge is 0.0786 e. The minimum absolute atomic E-state index is 0. The van der Waals surface area contributed by atoms with E-state index >= 15 is 0 Å². The van der Waals surface area contributed by atoms with Crippen LogP contribution in [0.15, 0.2) is 0 Å². The second-order valence-corrected chi connectivity index (χ2v) is 12.6. The van der Waals surface area contributed by atoms with Crippen molar-refractivity contribution in [1.29, 1.82) is 0 Å². The monoisotopic (exact) mass is 558 g/mol. The fourth-order valence-corrected chi connectivity index (χ4v) is 6.25. The topological polar surface area (TPSA) is 0 Å². The summed E-state index contributed by atoms with van der Waals surface area (Å²) in [6, 6.07) is 0. The Bertz CT molecular complexity index is 372. The predicted octanol–water partition coefficient (Wildman–Crippen LogP) is 9.81. The van der Waals surface area contributed by atoms with Crippen LogP contribution in [0.4, 0.5) is 0 Å². The Kier molecular flexibility index (Phi) is 35.6. The first-order chi connectivity index (χ1) is 18.2. The maximum absolute atomic E-state index is 2.44. The summed E-state index contributed by atoms with van der Waals surface area (Å²) in [5.41, 5.74) is 0. The fraction of sp³-hybridized carbons (Fsp3) is 1.00. The van der Waals surface area contributed by atoms with Crippen LogP contribution in [-0.2, 0) is 0 Å². The van der Waals surface area contributed by atoms with Gasteiger partial charge in [0.15, 0.2) is 0 Å². The third-order valence-corrected chi connectivity index (χ3v) is 9.31. The second-order valence-electron chi connectivity index (χ2n) is 12.6. The van der Waals surface area contributed by atoms with E-state index < -0.39 is 0 Å². The van der Waals surface area contributed by atoms with E-state index in [2.05, 4.69) is 27.7 Å². The van der Waals surface area contributed by atoms with E-state index in [0.29, 0.717) is 0 Å². The van der Waals surface area contributed by atoms with Crippen LogP contribution < -0.4 is 12.4 Å². The van der Waals surface area contributed by atoms with Crippen molar-refractivity contribution in [2.24, 2.45) is 0 Å². The molecule has 0 spiro atoms. The maximum Gasteiger partial charge on any atom is 0.0786 e. The summed E-state index contributed by atoms with van der Waals surface area (Å²) in [6.07, 6.45) is 41.1. The van der Waals surface area contributed by atoms with Crippen molar-refractivity contribution in [3.8, 4) is 0 Å². The molecule has 0 aliphatic heterocycles. The minimum Gasteiger partial charge on any atom is -1.00 e. The SMILES string of the molecule is CCCCCCCCCCCCCCCC[N+](CC)(CC)CCCCCCCCCCCCCCCC.[Cl-]. The number of unbranched alkanes of at least 4 members (excludes halogenated alkanes) is 26. The predicted molar refractivity (Wildman–Crippen MR) is 172 cm³/mol. The molecule has 0 atom stereocenters. The molecule has 0 N–H and O–H groups in total. The van der Waals surface area contributed by atoms with Crippen molar-refractivity contribution in [2.45, 2.75) is 207 Å². The Hall–Kier alpha value is 0.250. The molecular formula is C36H76ClN. The van der Waals surface area contributed by atoms with Crippen molar-refractivity contribution in [2.75, 3.05) is 26.2 Å². The standard InChI is InChI=1S/C36H76N.ClH/c1-5-9-11-13-15-17-19-21-23-25-27-29-31-33-35-37(7-3,8-4)36-34-32-30-28-26-24-22-20-18-16-14-12-10-6-2;/h5-36H2,1-4H3;1H/q+1;/p-1. The van der Waals surface area contributed by atoms with E-state index in [4.69, 9.17) is 0 Å². The molecule has 2 heteroatoms. The van der Waals surface area contributed by atoms with Crippen LogP contribution in [0.3, 0.4) is 0 Å². The molecule has 0 unspecified atom stereocenters. The summed E-state index contributed by atoms with van der Waals surface area (Å²) in [4.78, 5) is 0. The molecule has 0 aliphatic rings. The Balaban J connectivity index is 0. The molecule has 0 amide bonds. The summed E-state index contributed by atoms with van der Waals surface area (Å²) in [6.45, 7) is 15.1. The van der Waals surface area contributed by atoms with Crippen LogP contribution in [0, 0.1) is 0 Å². The molecule has 0 aliphatic carbocycles. The third-order valence-electron chi connectivity index (χ3n) is 9.31. The molecule has 0 rings (SSSR count). The molecular weight excluding hydrogens is 482 g/mol. The van der Waals surface area contributed by atoms with Crippen molar-refractivity contribution in [3.05, 3.63) is 0 Å². The normalized spacial score (nSPS) is 11.7. The van der Waals surface area contributed by atoms with Gasteiger partial charge in [0.1, 0.15) is 0 Å². The van der Waals surface area contributed by atoms with Gasteiger partial charge in [0.25, 0.3) is 0 Å². The molecule has 0 aromatic heterocycles. The van der Waals surface area contributed by atoms with Gasteiger partial charge >= 0.3 is 0 Å². The minimum atomic E-state index is 0. The Morgan fingerprint density at radius 2 is 0.447 bits per heavy atom. The Morgan fingerprint density at radius 3 is 0.632 bits per heavy atom. The van der Waals surface area contributed by atoms with E-state index in [1.54, 1.807) is 0 Å². The van der Waals surface area contributed by atoms with E-state index in [-0.39, 0.29) is 12.4 Å². The van der Waals surface area contributed by atoms with Crippen LogP contribution in [0.25, 0.3) is 0 Å². The van der Waals surface area contributed by atoms with E-state index in [9.17, 15) is 0 Å². The highest BCUT2D eigenvalue weighted by molar-refractivity contribution is 4.52. The van der Waals surface area contributed by atoms with Gasteiger partial charge in [0.2, 0.25) is 0 Å². The van der Waals surface area contributed by atoms with Gasteiger partial charge < -0.3 is 16.9 Å². The van der Waals surface area contributed by atoms with Crippen molar-refractivity contribution in [1.82, 2.24) is 0 Å². The summed E-state index contributed by atoms with van der Waals surface area (Å²) >= 11 is 0. The van der Waals surface area contributed by atoms with Crippen molar-refractivity contribution < 1.29 is 16.9 Å².